The first-order valence-corrected chi connectivity index (χ1v) is 9.15. The van der Waals surface area contributed by atoms with Crippen LogP contribution in [-0.4, -0.2) is 62.7 Å². The fourth-order valence-electron chi connectivity index (χ4n) is 3.27. The molecule has 0 bridgehead atoms. The van der Waals surface area contributed by atoms with E-state index in [4.69, 9.17) is 16.3 Å². The van der Waals surface area contributed by atoms with Gasteiger partial charge in [-0.25, -0.2) is 0 Å². The monoisotopic (exact) mass is 365 g/mol. The van der Waals surface area contributed by atoms with Crippen molar-refractivity contribution in [3.63, 3.8) is 0 Å². The van der Waals surface area contributed by atoms with E-state index in [1.54, 1.807) is 11.0 Å². The lowest BCUT2D eigenvalue weighted by Crippen LogP contribution is -2.39. The molecule has 2 saturated heterocycles. The maximum absolute atomic E-state index is 12.3. The van der Waals surface area contributed by atoms with Gasteiger partial charge in [0.1, 0.15) is 0 Å². The number of para-hydroxylation sites is 1. The molecule has 0 aliphatic carbocycles. The molecule has 2 aliphatic heterocycles. The summed E-state index contributed by atoms with van der Waals surface area (Å²) < 4.78 is 5.32. The van der Waals surface area contributed by atoms with Crippen molar-refractivity contribution in [2.24, 2.45) is 5.92 Å². The van der Waals surface area contributed by atoms with E-state index in [0.717, 1.165) is 39.3 Å². The molecule has 2 amide bonds. The molecule has 3 rings (SSSR count). The van der Waals surface area contributed by atoms with Crippen LogP contribution in [0.3, 0.4) is 0 Å². The maximum atomic E-state index is 12.3. The summed E-state index contributed by atoms with van der Waals surface area (Å²) in [5, 5.41) is 3.49. The summed E-state index contributed by atoms with van der Waals surface area (Å²) in [6, 6.07) is 7.23. The number of rotatable bonds is 6. The van der Waals surface area contributed by atoms with Gasteiger partial charge < -0.3 is 15.0 Å². The van der Waals surface area contributed by atoms with Gasteiger partial charge >= 0.3 is 0 Å². The quantitative estimate of drug-likeness (QED) is 0.777. The van der Waals surface area contributed by atoms with E-state index in [9.17, 15) is 9.59 Å². The van der Waals surface area contributed by atoms with Crippen molar-refractivity contribution in [1.29, 1.82) is 0 Å². The van der Waals surface area contributed by atoms with Crippen LogP contribution < -0.4 is 10.2 Å². The number of amides is 2. The molecule has 136 valence electrons. The SMILES string of the molecule is O=C(NCCCN1CCOCC1)C1CC(=O)N(c2ccccc2Cl)C1. The Kier molecular flexibility index (Phi) is 6.29. The van der Waals surface area contributed by atoms with Gasteiger partial charge in [-0.15, -0.1) is 0 Å². The predicted molar refractivity (Wildman–Crippen MR) is 96.8 cm³/mol. The minimum absolute atomic E-state index is 0.0510. The number of hydrogen-bond acceptors (Lipinski definition) is 4. The standard InChI is InChI=1S/C18H24ClN3O3/c19-15-4-1-2-5-16(15)22-13-14(12-17(22)23)18(24)20-6-3-7-21-8-10-25-11-9-21/h1-2,4-5,14H,3,6-13H2,(H,20,24). The predicted octanol–water partition coefficient (Wildman–Crippen LogP) is 1.53. The summed E-state index contributed by atoms with van der Waals surface area (Å²) in [6.45, 7) is 5.46. The Bertz CT molecular complexity index is 619. The van der Waals surface area contributed by atoms with Crippen molar-refractivity contribution in [3.05, 3.63) is 29.3 Å². The molecule has 7 heteroatoms. The molecule has 0 radical (unpaired) electrons. The Hall–Kier alpha value is -1.63. The van der Waals surface area contributed by atoms with Crippen molar-refractivity contribution < 1.29 is 14.3 Å². The van der Waals surface area contributed by atoms with Crippen LogP contribution in [0.25, 0.3) is 0 Å². The van der Waals surface area contributed by atoms with Crippen molar-refractivity contribution >= 4 is 29.1 Å². The average molecular weight is 366 g/mol. The topological polar surface area (TPSA) is 61.9 Å². The van der Waals surface area contributed by atoms with Crippen molar-refractivity contribution in [2.75, 3.05) is 50.8 Å². The van der Waals surface area contributed by atoms with Gasteiger partial charge in [0.05, 0.1) is 29.8 Å². The Morgan fingerprint density at radius 3 is 2.80 bits per heavy atom. The van der Waals surface area contributed by atoms with Gasteiger partial charge in [0, 0.05) is 32.6 Å². The van der Waals surface area contributed by atoms with E-state index in [0.29, 0.717) is 23.8 Å². The number of nitrogens with one attached hydrogen (secondary N) is 1. The molecule has 1 aromatic rings. The van der Waals surface area contributed by atoms with Crippen LogP contribution in [0, 0.1) is 5.92 Å². The van der Waals surface area contributed by atoms with E-state index in [1.807, 2.05) is 18.2 Å². The van der Waals surface area contributed by atoms with Gasteiger partial charge in [0.25, 0.3) is 0 Å². The highest BCUT2D eigenvalue weighted by Crippen LogP contribution is 2.30. The highest BCUT2D eigenvalue weighted by Gasteiger charge is 2.35. The summed E-state index contributed by atoms with van der Waals surface area (Å²) in [6.07, 6.45) is 1.14. The minimum Gasteiger partial charge on any atom is -0.379 e. The van der Waals surface area contributed by atoms with Gasteiger partial charge in [-0.3, -0.25) is 14.5 Å². The molecule has 25 heavy (non-hydrogen) atoms. The van der Waals surface area contributed by atoms with Gasteiger partial charge in [-0.2, -0.15) is 0 Å². The number of morpholine rings is 1. The number of anilines is 1. The molecule has 2 aliphatic rings. The van der Waals surface area contributed by atoms with Crippen LogP contribution >= 0.6 is 11.6 Å². The van der Waals surface area contributed by atoms with Crippen molar-refractivity contribution in [2.45, 2.75) is 12.8 Å². The number of benzene rings is 1. The zero-order valence-corrected chi connectivity index (χ0v) is 15.0. The molecular formula is C18H24ClN3O3. The lowest BCUT2D eigenvalue weighted by molar-refractivity contribution is -0.126. The molecule has 2 fully saturated rings. The first-order valence-electron chi connectivity index (χ1n) is 8.78. The zero-order valence-electron chi connectivity index (χ0n) is 14.2. The summed E-state index contributed by atoms with van der Waals surface area (Å²) in [5.74, 6) is -0.418. The van der Waals surface area contributed by atoms with E-state index in [1.165, 1.54) is 0 Å². The second-order valence-electron chi connectivity index (χ2n) is 6.46. The number of halogens is 1. The van der Waals surface area contributed by atoms with Crippen LogP contribution in [-0.2, 0) is 14.3 Å². The van der Waals surface area contributed by atoms with E-state index >= 15 is 0 Å². The highest BCUT2D eigenvalue weighted by molar-refractivity contribution is 6.33. The summed E-state index contributed by atoms with van der Waals surface area (Å²) >= 11 is 6.17. The maximum Gasteiger partial charge on any atom is 0.227 e. The number of carbonyl (C=O) groups is 2. The van der Waals surface area contributed by atoms with Gasteiger partial charge in [-0.05, 0) is 25.1 Å². The van der Waals surface area contributed by atoms with Crippen LogP contribution in [0.2, 0.25) is 5.02 Å². The third-order valence-electron chi connectivity index (χ3n) is 4.69. The first kappa shape index (κ1) is 18.2. The second-order valence-corrected chi connectivity index (χ2v) is 6.86. The summed E-state index contributed by atoms with van der Waals surface area (Å²) in [7, 11) is 0. The van der Waals surface area contributed by atoms with E-state index in [-0.39, 0.29) is 24.2 Å². The van der Waals surface area contributed by atoms with Crippen LogP contribution in [0.4, 0.5) is 5.69 Å². The highest BCUT2D eigenvalue weighted by atomic mass is 35.5. The van der Waals surface area contributed by atoms with Crippen LogP contribution in [0.15, 0.2) is 24.3 Å². The molecule has 1 aromatic carbocycles. The molecule has 1 unspecified atom stereocenters. The molecule has 0 aromatic heterocycles. The summed E-state index contributed by atoms with van der Waals surface area (Å²) in [4.78, 5) is 28.5. The lowest BCUT2D eigenvalue weighted by Gasteiger charge is -2.26. The molecule has 6 nitrogen and oxygen atoms in total. The van der Waals surface area contributed by atoms with Gasteiger partial charge in [-0.1, -0.05) is 23.7 Å². The molecule has 1 N–H and O–H groups in total. The number of ether oxygens (including phenoxy) is 1. The second kappa shape index (κ2) is 8.65. The smallest absolute Gasteiger partial charge is 0.227 e. The van der Waals surface area contributed by atoms with Gasteiger partial charge in [0.15, 0.2) is 0 Å². The van der Waals surface area contributed by atoms with E-state index < -0.39 is 0 Å². The fourth-order valence-corrected chi connectivity index (χ4v) is 3.51. The Labute approximate surface area is 153 Å². The Morgan fingerprint density at radius 1 is 1.28 bits per heavy atom. The Morgan fingerprint density at radius 2 is 2.04 bits per heavy atom. The van der Waals surface area contributed by atoms with E-state index in [2.05, 4.69) is 10.2 Å². The third-order valence-corrected chi connectivity index (χ3v) is 5.01. The number of hydrogen-bond donors (Lipinski definition) is 1. The fraction of sp³-hybridized carbons (Fsp3) is 0.556. The molecule has 2 heterocycles. The minimum atomic E-state index is -0.313. The normalized spacial score (nSPS) is 21.6. The molecule has 1 atom stereocenters. The molecule has 0 spiro atoms. The van der Waals surface area contributed by atoms with Crippen LogP contribution in [0.5, 0.6) is 0 Å². The summed E-state index contributed by atoms with van der Waals surface area (Å²) in [5.41, 5.74) is 0.678. The Balaban J connectivity index is 1.44. The lowest BCUT2D eigenvalue weighted by atomic mass is 10.1. The molecular weight excluding hydrogens is 342 g/mol. The zero-order chi connectivity index (χ0) is 17.6. The van der Waals surface area contributed by atoms with Crippen molar-refractivity contribution in [1.82, 2.24) is 10.2 Å². The van der Waals surface area contributed by atoms with Crippen LogP contribution in [0.1, 0.15) is 12.8 Å². The number of nitrogens with zero attached hydrogens (tertiary/aromatic N) is 2. The van der Waals surface area contributed by atoms with Crippen molar-refractivity contribution in [3.8, 4) is 0 Å². The third kappa shape index (κ3) is 4.71. The first-order chi connectivity index (χ1) is 12.1. The largest absolute Gasteiger partial charge is 0.379 e. The molecule has 0 saturated carbocycles. The van der Waals surface area contributed by atoms with Gasteiger partial charge in [0.2, 0.25) is 11.8 Å². The average Bonchev–Trinajstić information content (AvgIpc) is 3.01. The number of carbonyl (C=O) groups excluding carboxylic acids is 2.